The molecule has 0 aliphatic carbocycles. The Morgan fingerprint density at radius 1 is 1.40 bits per heavy atom. The van der Waals surface area contributed by atoms with Crippen LogP contribution in [0.25, 0.3) is 10.9 Å². The van der Waals surface area contributed by atoms with Crippen molar-refractivity contribution in [1.29, 1.82) is 0 Å². The van der Waals surface area contributed by atoms with Gasteiger partial charge in [-0.2, -0.15) is 0 Å². The van der Waals surface area contributed by atoms with E-state index in [0.29, 0.717) is 21.7 Å². The molecule has 1 aromatic heterocycles. The Kier molecular flexibility index (Phi) is 3.86. The van der Waals surface area contributed by atoms with Crippen LogP contribution in [-0.2, 0) is 11.2 Å². The summed E-state index contributed by atoms with van der Waals surface area (Å²) in [5, 5.41) is 9.93. The summed E-state index contributed by atoms with van der Waals surface area (Å²) in [5.41, 5.74) is 1.54. The van der Waals surface area contributed by atoms with Crippen molar-refractivity contribution in [3.8, 4) is 0 Å². The molecular formula is C15H16ClNO3. The molecule has 2 rings (SSSR count). The summed E-state index contributed by atoms with van der Waals surface area (Å²) >= 11 is 5.96. The zero-order valence-corrected chi connectivity index (χ0v) is 12.4. The summed E-state index contributed by atoms with van der Waals surface area (Å²) in [5.74, 6) is -1.01. The molecule has 2 aromatic rings. The predicted molar refractivity (Wildman–Crippen MR) is 79.7 cm³/mol. The molecule has 20 heavy (non-hydrogen) atoms. The molecule has 0 spiro atoms. The van der Waals surface area contributed by atoms with Gasteiger partial charge in [0.1, 0.15) is 0 Å². The van der Waals surface area contributed by atoms with Gasteiger partial charge < -0.3 is 9.67 Å². The third-order valence-corrected chi connectivity index (χ3v) is 3.61. The Balaban J connectivity index is 2.94. The number of rotatable bonds is 3. The number of benzene rings is 1. The molecule has 0 saturated heterocycles. The fraction of sp³-hybridized carbons (Fsp3) is 0.333. The minimum absolute atomic E-state index is 0.117. The summed E-state index contributed by atoms with van der Waals surface area (Å²) < 4.78 is 1.98. The molecule has 1 aromatic carbocycles. The molecule has 0 unspecified atom stereocenters. The molecular weight excluding hydrogens is 278 g/mol. The summed E-state index contributed by atoms with van der Waals surface area (Å²) in [4.78, 5) is 23.5. The van der Waals surface area contributed by atoms with Gasteiger partial charge in [-0.05, 0) is 39.0 Å². The van der Waals surface area contributed by atoms with E-state index in [0.717, 1.165) is 5.52 Å². The number of carbonyl (C=O) groups is 1. The van der Waals surface area contributed by atoms with Crippen LogP contribution in [0.3, 0.4) is 0 Å². The first-order valence-corrected chi connectivity index (χ1v) is 6.75. The van der Waals surface area contributed by atoms with E-state index in [1.807, 2.05) is 18.4 Å². The van der Waals surface area contributed by atoms with Gasteiger partial charge in [0.15, 0.2) is 5.43 Å². The Hall–Kier alpha value is -1.81. The smallest absolute Gasteiger partial charge is 0.308 e. The Labute approximate surface area is 121 Å². The van der Waals surface area contributed by atoms with E-state index in [2.05, 4.69) is 0 Å². The van der Waals surface area contributed by atoms with Gasteiger partial charge in [0.2, 0.25) is 0 Å². The highest BCUT2D eigenvalue weighted by atomic mass is 35.5. The summed E-state index contributed by atoms with van der Waals surface area (Å²) in [7, 11) is 0. The molecule has 0 radical (unpaired) electrons. The van der Waals surface area contributed by atoms with Crippen molar-refractivity contribution in [2.24, 2.45) is 0 Å². The summed E-state index contributed by atoms with van der Waals surface area (Å²) in [6.45, 7) is 5.78. The van der Waals surface area contributed by atoms with Crippen LogP contribution in [0.5, 0.6) is 0 Å². The molecule has 0 fully saturated rings. The van der Waals surface area contributed by atoms with Crippen LogP contribution in [-0.4, -0.2) is 15.6 Å². The molecule has 0 aliphatic rings. The van der Waals surface area contributed by atoms with Gasteiger partial charge in [-0.3, -0.25) is 9.59 Å². The largest absolute Gasteiger partial charge is 0.481 e. The SMILES string of the molecule is Cc1c(CC(=O)O)c(=O)c2cc(Cl)ccc2n1C(C)C. The fourth-order valence-electron chi connectivity index (χ4n) is 2.58. The van der Waals surface area contributed by atoms with Gasteiger partial charge in [0, 0.05) is 27.7 Å². The molecule has 4 nitrogen and oxygen atoms in total. The Morgan fingerprint density at radius 2 is 2.05 bits per heavy atom. The maximum Gasteiger partial charge on any atom is 0.308 e. The molecule has 0 atom stereocenters. The minimum atomic E-state index is -1.01. The van der Waals surface area contributed by atoms with Gasteiger partial charge in [0.25, 0.3) is 0 Å². The fourth-order valence-corrected chi connectivity index (χ4v) is 2.75. The van der Waals surface area contributed by atoms with Gasteiger partial charge >= 0.3 is 5.97 Å². The zero-order valence-electron chi connectivity index (χ0n) is 11.6. The lowest BCUT2D eigenvalue weighted by Gasteiger charge is -2.21. The quantitative estimate of drug-likeness (QED) is 0.945. The van der Waals surface area contributed by atoms with Crippen molar-refractivity contribution in [3.05, 3.63) is 44.7 Å². The number of hydrogen-bond donors (Lipinski definition) is 1. The number of aromatic nitrogens is 1. The van der Waals surface area contributed by atoms with Crippen LogP contribution >= 0.6 is 11.6 Å². The first kappa shape index (κ1) is 14.6. The lowest BCUT2D eigenvalue weighted by Crippen LogP contribution is -2.22. The number of fused-ring (bicyclic) bond motifs is 1. The second-order valence-corrected chi connectivity index (χ2v) is 5.53. The number of pyridine rings is 1. The van der Waals surface area contributed by atoms with Crippen LogP contribution in [0.4, 0.5) is 0 Å². The lowest BCUT2D eigenvalue weighted by atomic mass is 10.0. The first-order chi connectivity index (χ1) is 9.32. The minimum Gasteiger partial charge on any atom is -0.481 e. The van der Waals surface area contributed by atoms with Crippen LogP contribution in [0.1, 0.15) is 31.1 Å². The third-order valence-electron chi connectivity index (χ3n) is 3.38. The van der Waals surface area contributed by atoms with Gasteiger partial charge in [-0.15, -0.1) is 0 Å². The molecule has 0 aliphatic heterocycles. The first-order valence-electron chi connectivity index (χ1n) is 6.38. The van der Waals surface area contributed by atoms with Gasteiger partial charge in [-0.25, -0.2) is 0 Å². The zero-order chi connectivity index (χ0) is 15.0. The molecule has 1 heterocycles. The number of carboxylic acid groups (broad SMARTS) is 1. The van der Waals surface area contributed by atoms with Crippen LogP contribution in [0, 0.1) is 6.92 Å². The van der Waals surface area contributed by atoms with Crippen molar-refractivity contribution < 1.29 is 9.90 Å². The van der Waals surface area contributed by atoms with E-state index >= 15 is 0 Å². The summed E-state index contributed by atoms with van der Waals surface area (Å²) in [6.07, 6.45) is -0.278. The van der Waals surface area contributed by atoms with Crippen molar-refractivity contribution in [3.63, 3.8) is 0 Å². The van der Waals surface area contributed by atoms with E-state index < -0.39 is 5.97 Å². The molecule has 106 valence electrons. The highest BCUT2D eigenvalue weighted by molar-refractivity contribution is 6.31. The monoisotopic (exact) mass is 293 g/mol. The number of nitrogens with zero attached hydrogens (tertiary/aromatic N) is 1. The second kappa shape index (κ2) is 5.29. The highest BCUT2D eigenvalue weighted by Crippen LogP contribution is 2.23. The molecule has 1 N–H and O–H groups in total. The average molecular weight is 294 g/mol. The number of halogens is 1. The number of carboxylic acids is 1. The van der Waals surface area contributed by atoms with E-state index in [4.69, 9.17) is 16.7 Å². The van der Waals surface area contributed by atoms with Crippen molar-refractivity contribution in [2.75, 3.05) is 0 Å². The van der Waals surface area contributed by atoms with Crippen molar-refractivity contribution >= 4 is 28.5 Å². The standard InChI is InChI=1S/C15H16ClNO3/c1-8(2)17-9(3)11(7-14(18)19)15(20)12-6-10(16)4-5-13(12)17/h4-6,8H,7H2,1-3H3,(H,18,19). The Bertz CT molecular complexity index is 747. The number of hydrogen-bond acceptors (Lipinski definition) is 2. The highest BCUT2D eigenvalue weighted by Gasteiger charge is 2.17. The lowest BCUT2D eigenvalue weighted by molar-refractivity contribution is -0.136. The predicted octanol–water partition coefficient (Wildman–Crippen LogP) is 3.17. The molecule has 5 heteroatoms. The second-order valence-electron chi connectivity index (χ2n) is 5.09. The summed E-state index contributed by atoms with van der Waals surface area (Å²) in [6, 6.07) is 5.25. The van der Waals surface area contributed by atoms with Crippen molar-refractivity contribution in [2.45, 2.75) is 33.2 Å². The average Bonchev–Trinajstić information content (AvgIpc) is 2.35. The third kappa shape index (κ3) is 2.43. The van der Waals surface area contributed by atoms with E-state index in [1.165, 1.54) is 0 Å². The maximum absolute atomic E-state index is 12.5. The normalized spacial score (nSPS) is 11.2. The molecule has 0 bridgehead atoms. The number of aliphatic carboxylic acids is 1. The van der Waals surface area contributed by atoms with E-state index in [-0.39, 0.29) is 17.9 Å². The van der Waals surface area contributed by atoms with Crippen LogP contribution < -0.4 is 5.43 Å². The van der Waals surface area contributed by atoms with Crippen LogP contribution in [0.2, 0.25) is 5.02 Å². The maximum atomic E-state index is 12.5. The van der Waals surface area contributed by atoms with Crippen molar-refractivity contribution in [1.82, 2.24) is 4.57 Å². The van der Waals surface area contributed by atoms with Crippen LogP contribution in [0.15, 0.2) is 23.0 Å². The van der Waals surface area contributed by atoms with Gasteiger partial charge in [-0.1, -0.05) is 11.6 Å². The van der Waals surface area contributed by atoms with E-state index in [1.54, 1.807) is 25.1 Å². The van der Waals surface area contributed by atoms with Gasteiger partial charge in [0.05, 0.1) is 11.9 Å². The van der Waals surface area contributed by atoms with E-state index in [9.17, 15) is 9.59 Å². The Morgan fingerprint density at radius 3 is 2.60 bits per heavy atom. The molecule has 0 saturated carbocycles. The topological polar surface area (TPSA) is 59.3 Å². The molecule has 0 amide bonds.